The fraction of sp³-hybridized carbons (Fsp3) is 0.208. The van der Waals surface area contributed by atoms with E-state index in [0.29, 0.717) is 11.3 Å². The van der Waals surface area contributed by atoms with Crippen LogP contribution in [0.15, 0.2) is 72.0 Å². The summed E-state index contributed by atoms with van der Waals surface area (Å²) in [5, 5.41) is 5.25. The zero-order valence-corrected chi connectivity index (χ0v) is 20.4. The molecule has 3 heterocycles. The van der Waals surface area contributed by atoms with E-state index in [2.05, 4.69) is 20.6 Å². The number of amides is 5. The third kappa shape index (κ3) is 6.00. The maximum absolute atomic E-state index is 13.3. The molecular weight excluding hydrogens is 509 g/mol. The molecule has 3 aromatic rings. The van der Waals surface area contributed by atoms with E-state index in [1.807, 2.05) is 0 Å². The van der Waals surface area contributed by atoms with E-state index in [-0.39, 0.29) is 34.7 Å². The highest BCUT2D eigenvalue weighted by Crippen LogP contribution is 2.39. The first kappa shape index (κ1) is 25.9. The first-order valence-electron chi connectivity index (χ1n) is 10.9. The molecule has 13 heteroatoms. The molecule has 4 rings (SSSR count). The van der Waals surface area contributed by atoms with Gasteiger partial charge in [0.25, 0.3) is 5.91 Å². The summed E-state index contributed by atoms with van der Waals surface area (Å²) in [4.78, 5) is 48.9. The van der Waals surface area contributed by atoms with Crippen molar-refractivity contribution in [3.63, 3.8) is 0 Å². The van der Waals surface area contributed by atoms with Crippen LogP contribution in [0.3, 0.4) is 0 Å². The van der Waals surface area contributed by atoms with Crippen LogP contribution < -0.4 is 15.5 Å². The second-order valence-corrected chi connectivity index (χ2v) is 9.61. The number of nitrogens with zero attached hydrogens (tertiary/aromatic N) is 4. The van der Waals surface area contributed by atoms with Crippen molar-refractivity contribution < 1.29 is 27.6 Å². The van der Waals surface area contributed by atoms with Crippen molar-refractivity contribution in [2.24, 2.45) is 0 Å². The van der Waals surface area contributed by atoms with E-state index in [1.54, 1.807) is 38.1 Å². The minimum Gasteiger partial charge on any atom is -0.308 e. The van der Waals surface area contributed by atoms with Crippen LogP contribution in [-0.4, -0.2) is 43.9 Å². The van der Waals surface area contributed by atoms with E-state index in [1.165, 1.54) is 47.8 Å². The number of hydrogen-bond acceptors (Lipinski definition) is 6. The zero-order valence-electron chi connectivity index (χ0n) is 19.6. The third-order valence-electron chi connectivity index (χ3n) is 5.50. The Morgan fingerprint density at radius 1 is 1.00 bits per heavy atom. The summed E-state index contributed by atoms with van der Waals surface area (Å²) in [5.74, 6) is -0.285. The Labute approximate surface area is 214 Å². The number of urea groups is 2. The SMILES string of the molecule is CC1(C)C(=O)N(c2ccc(SC(F)(F)F)cc2)C(=O)N1Cc1ccnc(NC(=O)Nc2ccncc2)c1. The molecule has 0 aliphatic carbocycles. The highest BCUT2D eigenvalue weighted by atomic mass is 32.2. The smallest absolute Gasteiger partial charge is 0.308 e. The first-order valence-corrected chi connectivity index (χ1v) is 11.7. The summed E-state index contributed by atoms with van der Waals surface area (Å²) in [6, 6.07) is 10.3. The number of carbonyl (C=O) groups is 3. The normalized spacial score (nSPS) is 15.2. The number of aromatic nitrogens is 2. The Hall–Kier alpha value is -4.13. The molecule has 0 radical (unpaired) electrons. The average Bonchev–Trinajstić information content (AvgIpc) is 2.99. The van der Waals surface area contributed by atoms with Crippen molar-refractivity contribution in [3.05, 3.63) is 72.7 Å². The molecule has 5 amide bonds. The Balaban J connectivity index is 1.48. The quantitative estimate of drug-likeness (QED) is 0.323. The van der Waals surface area contributed by atoms with Crippen molar-refractivity contribution in [1.29, 1.82) is 0 Å². The van der Waals surface area contributed by atoms with Crippen LogP contribution in [0.2, 0.25) is 0 Å². The van der Waals surface area contributed by atoms with Gasteiger partial charge in [0.05, 0.1) is 5.69 Å². The predicted molar refractivity (Wildman–Crippen MR) is 132 cm³/mol. The maximum atomic E-state index is 13.3. The molecule has 0 spiro atoms. The molecule has 37 heavy (non-hydrogen) atoms. The molecule has 0 bridgehead atoms. The van der Waals surface area contributed by atoms with Crippen LogP contribution in [0.1, 0.15) is 19.4 Å². The molecule has 192 valence electrons. The monoisotopic (exact) mass is 530 g/mol. The van der Waals surface area contributed by atoms with Crippen LogP contribution in [0.4, 0.5) is 40.0 Å². The second-order valence-electron chi connectivity index (χ2n) is 8.47. The predicted octanol–water partition coefficient (Wildman–Crippen LogP) is 5.48. The van der Waals surface area contributed by atoms with Gasteiger partial charge in [-0.05, 0) is 79.7 Å². The van der Waals surface area contributed by atoms with Gasteiger partial charge in [0.2, 0.25) is 0 Å². The molecular formula is C24H21F3N6O3S. The summed E-state index contributed by atoms with van der Waals surface area (Å²) in [5.41, 5.74) is -4.37. The van der Waals surface area contributed by atoms with Crippen molar-refractivity contribution in [2.75, 3.05) is 15.5 Å². The highest BCUT2D eigenvalue weighted by Gasteiger charge is 2.51. The van der Waals surface area contributed by atoms with E-state index >= 15 is 0 Å². The largest absolute Gasteiger partial charge is 0.446 e. The van der Waals surface area contributed by atoms with Gasteiger partial charge in [0.15, 0.2) is 0 Å². The number of alkyl halides is 3. The fourth-order valence-electron chi connectivity index (χ4n) is 3.66. The third-order valence-corrected chi connectivity index (χ3v) is 6.24. The van der Waals surface area contributed by atoms with Crippen molar-refractivity contribution >= 4 is 46.9 Å². The number of halogens is 3. The topological polar surface area (TPSA) is 108 Å². The van der Waals surface area contributed by atoms with Crippen LogP contribution in [0.5, 0.6) is 0 Å². The standard InChI is InChI=1S/C24H21F3N6O3S/c1-23(2)20(34)33(17-3-5-18(6-4-17)37-24(25,26)27)22(36)32(23)14-15-7-12-29-19(13-15)31-21(35)30-16-8-10-28-11-9-16/h3-13H,14H2,1-2H3,(H2,28,29,30,31,35). The van der Waals surface area contributed by atoms with E-state index in [4.69, 9.17) is 0 Å². The van der Waals surface area contributed by atoms with Gasteiger partial charge in [0, 0.05) is 35.7 Å². The van der Waals surface area contributed by atoms with Gasteiger partial charge in [-0.15, -0.1) is 0 Å². The second kappa shape index (κ2) is 10.1. The lowest BCUT2D eigenvalue weighted by molar-refractivity contribution is -0.123. The lowest BCUT2D eigenvalue weighted by atomic mass is 10.0. The Morgan fingerprint density at radius 3 is 2.32 bits per heavy atom. The molecule has 1 fully saturated rings. The van der Waals surface area contributed by atoms with Crippen LogP contribution in [0.25, 0.3) is 0 Å². The summed E-state index contributed by atoms with van der Waals surface area (Å²) < 4.78 is 37.9. The number of anilines is 3. The molecule has 0 atom stereocenters. The summed E-state index contributed by atoms with van der Waals surface area (Å²) in [6.07, 6.45) is 4.52. The molecule has 0 saturated carbocycles. The van der Waals surface area contributed by atoms with Crippen molar-refractivity contribution in [2.45, 2.75) is 36.3 Å². The number of nitrogens with one attached hydrogen (secondary N) is 2. The molecule has 1 aliphatic heterocycles. The van der Waals surface area contributed by atoms with E-state index in [9.17, 15) is 27.6 Å². The lowest BCUT2D eigenvalue weighted by Crippen LogP contribution is -2.43. The van der Waals surface area contributed by atoms with Gasteiger partial charge in [-0.3, -0.25) is 15.1 Å². The number of benzene rings is 1. The molecule has 0 unspecified atom stereocenters. The average molecular weight is 531 g/mol. The summed E-state index contributed by atoms with van der Waals surface area (Å²) >= 11 is -0.280. The fourth-order valence-corrected chi connectivity index (χ4v) is 4.20. The number of carbonyl (C=O) groups excluding carboxylic acids is 3. The molecule has 1 aromatic carbocycles. The van der Waals surface area contributed by atoms with Gasteiger partial charge in [-0.25, -0.2) is 19.5 Å². The number of pyridine rings is 2. The Bertz CT molecular complexity index is 1320. The van der Waals surface area contributed by atoms with Gasteiger partial charge in [-0.2, -0.15) is 13.2 Å². The van der Waals surface area contributed by atoms with Crippen LogP contribution in [-0.2, 0) is 11.3 Å². The number of thioether (sulfide) groups is 1. The van der Waals surface area contributed by atoms with Crippen LogP contribution >= 0.6 is 11.8 Å². The minimum atomic E-state index is -4.45. The van der Waals surface area contributed by atoms with Crippen LogP contribution in [0, 0.1) is 0 Å². The van der Waals surface area contributed by atoms with Crippen molar-refractivity contribution in [1.82, 2.24) is 14.9 Å². The first-order chi connectivity index (χ1) is 17.4. The molecule has 2 aromatic heterocycles. The summed E-state index contributed by atoms with van der Waals surface area (Å²) in [6.45, 7) is 3.20. The number of imide groups is 1. The van der Waals surface area contributed by atoms with E-state index < -0.39 is 29.0 Å². The Morgan fingerprint density at radius 2 is 1.68 bits per heavy atom. The van der Waals surface area contributed by atoms with Gasteiger partial charge in [-0.1, -0.05) is 0 Å². The molecule has 9 nitrogen and oxygen atoms in total. The lowest BCUT2D eigenvalue weighted by Gasteiger charge is -2.27. The Kier molecular flexibility index (Phi) is 7.07. The number of hydrogen-bond donors (Lipinski definition) is 2. The number of rotatable bonds is 6. The van der Waals surface area contributed by atoms with Gasteiger partial charge < -0.3 is 10.2 Å². The minimum absolute atomic E-state index is 0.0270. The van der Waals surface area contributed by atoms with E-state index in [0.717, 1.165) is 4.90 Å². The zero-order chi connectivity index (χ0) is 26.8. The molecule has 1 aliphatic rings. The summed E-state index contributed by atoms with van der Waals surface area (Å²) in [7, 11) is 0. The molecule has 1 saturated heterocycles. The maximum Gasteiger partial charge on any atom is 0.446 e. The molecule has 2 N–H and O–H groups in total. The van der Waals surface area contributed by atoms with Crippen molar-refractivity contribution in [3.8, 4) is 0 Å². The highest BCUT2D eigenvalue weighted by molar-refractivity contribution is 8.00. The van der Waals surface area contributed by atoms with Gasteiger partial charge >= 0.3 is 17.6 Å². The van der Waals surface area contributed by atoms with Gasteiger partial charge in [0.1, 0.15) is 11.4 Å².